The Labute approximate surface area is 291 Å². The van der Waals surface area contributed by atoms with Gasteiger partial charge in [-0.05, 0) is 27.1 Å². The molecule has 1 saturated heterocycles. The Morgan fingerprint density at radius 1 is 1.16 bits per heavy atom. The summed E-state index contributed by atoms with van der Waals surface area (Å²) in [7, 11) is 1.69. The average Bonchev–Trinajstić information content (AvgIpc) is 3.77. The molecule has 2 aromatic carbocycles. The van der Waals surface area contributed by atoms with Gasteiger partial charge in [-0.2, -0.15) is 4.98 Å². The van der Waals surface area contributed by atoms with E-state index in [2.05, 4.69) is 36.3 Å². The predicted octanol–water partition coefficient (Wildman–Crippen LogP) is 2.33. The number of amides is 3. The normalized spacial score (nSPS) is 17.4. The summed E-state index contributed by atoms with van der Waals surface area (Å²) < 4.78 is 12.8. The Morgan fingerprint density at radius 2 is 1.86 bits per heavy atom. The van der Waals surface area contributed by atoms with Crippen molar-refractivity contribution in [3.05, 3.63) is 95.0 Å². The molecule has 3 amide bonds. The Balaban J connectivity index is 1.25. The highest BCUT2D eigenvalue weighted by molar-refractivity contribution is 8.01. The third-order valence-corrected chi connectivity index (χ3v) is 10.0. The van der Waals surface area contributed by atoms with E-state index >= 15 is 0 Å². The van der Waals surface area contributed by atoms with Gasteiger partial charge in [-0.25, -0.2) is 9.48 Å². The van der Waals surface area contributed by atoms with Crippen molar-refractivity contribution in [1.29, 1.82) is 0 Å². The van der Waals surface area contributed by atoms with Crippen LogP contribution in [0.25, 0.3) is 0 Å². The summed E-state index contributed by atoms with van der Waals surface area (Å²) in [4.78, 5) is 57.9. The van der Waals surface area contributed by atoms with Crippen LogP contribution < -0.4 is 10.6 Å². The van der Waals surface area contributed by atoms with Gasteiger partial charge in [-0.3, -0.25) is 24.6 Å². The molecular weight excluding hydrogens is 698 g/mol. The van der Waals surface area contributed by atoms with Crippen molar-refractivity contribution in [2.45, 2.75) is 22.7 Å². The number of hydrogen-bond donors (Lipinski definition) is 3. The number of halogens is 1. The van der Waals surface area contributed by atoms with Gasteiger partial charge in [0.2, 0.25) is 11.1 Å². The molecule has 2 aliphatic heterocycles. The molecule has 16 nitrogen and oxygen atoms in total. The summed E-state index contributed by atoms with van der Waals surface area (Å²) in [6, 6.07) is 17.1. The summed E-state index contributed by atoms with van der Waals surface area (Å²) in [5.41, 5.74) is 1.37. The lowest BCUT2D eigenvalue weighted by Crippen LogP contribution is -2.71. The predicted molar refractivity (Wildman–Crippen MR) is 177 cm³/mol. The molecule has 4 heterocycles. The fraction of sp³-hybridized carbons (Fsp3) is 0.233. The van der Waals surface area contributed by atoms with Crippen LogP contribution in [0.4, 0.5) is 6.01 Å². The van der Waals surface area contributed by atoms with Gasteiger partial charge in [0.25, 0.3) is 11.8 Å². The van der Waals surface area contributed by atoms with E-state index in [4.69, 9.17) is 20.8 Å². The average molecular weight is 724 g/mol. The number of β-lactam (4-membered cyclic amide) rings is 1. The number of fused-ring (bicyclic) bond motifs is 1. The number of thioether (sulfide) groups is 2. The minimum atomic E-state index is -1.09. The van der Waals surface area contributed by atoms with Crippen molar-refractivity contribution in [1.82, 2.24) is 35.4 Å². The topological polar surface area (TPSA) is 207 Å². The monoisotopic (exact) mass is 723 g/mol. The molecule has 49 heavy (non-hydrogen) atoms. The molecule has 6 rings (SSSR count). The molecule has 0 aliphatic carbocycles. The van der Waals surface area contributed by atoms with Gasteiger partial charge in [-0.15, -0.1) is 28.5 Å². The number of nitrogens with zero attached hydrogens (tertiary/aromatic N) is 7. The van der Waals surface area contributed by atoms with E-state index in [9.17, 15) is 24.4 Å². The first-order valence-electron chi connectivity index (χ1n) is 14.5. The number of oxime groups is 1. The molecule has 0 spiro atoms. The van der Waals surface area contributed by atoms with Crippen LogP contribution >= 0.6 is 35.1 Å². The maximum Gasteiger partial charge on any atom is 0.356 e. The number of carbonyl (C=O) groups is 4. The van der Waals surface area contributed by atoms with E-state index in [1.165, 1.54) is 33.1 Å². The third-order valence-electron chi connectivity index (χ3n) is 7.34. The van der Waals surface area contributed by atoms with Gasteiger partial charge in [0.15, 0.2) is 11.8 Å². The summed E-state index contributed by atoms with van der Waals surface area (Å²) in [6.07, 6.45) is 0.218. The quantitative estimate of drug-likeness (QED) is 0.0365. The SMILES string of the molecule is Cn1nnnc1SCC1=C(C(=O)OC(c2ccccc2)c2ccccc2)N2C(=O)[C@@H](NC(=O)/C(=N\O)c3coc(NC(=O)CCl)n3)[C@H]2SC1. The molecule has 3 N–H and O–H groups in total. The van der Waals surface area contributed by atoms with Gasteiger partial charge in [0.05, 0.1) is 0 Å². The maximum atomic E-state index is 14.2. The van der Waals surface area contributed by atoms with Gasteiger partial charge in [0, 0.05) is 18.6 Å². The number of hydrogen-bond acceptors (Lipinski definition) is 14. The third kappa shape index (κ3) is 7.15. The van der Waals surface area contributed by atoms with E-state index in [0.717, 1.165) is 17.4 Å². The number of ether oxygens (including phenoxy) is 1. The maximum absolute atomic E-state index is 14.2. The van der Waals surface area contributed by atoms with Crippen LogP contribution in [0.15, 0.2) is 92.9 Å². The molecule has 0 radical (unpaired) electrons. The zero-order valence-corrected chi connectivity index (χ0v) is 27.8. The summed E-state index contributed by atoms with van der Waals surface area (Å²) in [5.74, 6) is -2.62. The number of oxazole rings is 1. The highest BCUT2D eigenvalue weighted by Crippen LogP contribution is 2.42. The van der Waals surface area contributed by atoms with Crippen LogP contribution in [0, 0.1) is 0 Å². The number of alkyl halides is 1. The lowest BCUT2D eigenvalue weighted by atomic mass is 10.0. The molecule has 19 heteroatoms. The fourth-order valence-electron chi connectivity index (χ4n) is 5.04. The van der Waals surface area contributed by atoms with Crippen molar-refractivity contribution in [3.63, 3.8) is 0 Å². The molecule has 1 fully saturated rings. The van der Waals surface area contributed by atoms with Gasteiger partial charge in [0.1, 0.15) is 34.9 Å². The van der Waals surface area contributed by atoms with Gasteiger partial charge in [-0.1, -0.05) is 77.6 Å². The minimum absolute atomic E-state index is 0.0611. The number of aromatic nitrogens is 5. The highest BCUT2D eigenvalue weighted by Gasteiger charge is 2.55. The van der Waals surface area contributed by atoms with Crippen molar-refractivity contribution in [2.75, 3.05) is 22.7 Å². The molecule has 2 aliphatic rings. The zero-order valence-electron chi connectivity index (χ0n) is 25.4. The Hall–Kier alpha value is -5.20. The number of rotatable bonds is 12. The summed E-state index contributed by atoms with van der Waals surface area (Å²) in [5, 5.41) is 28.8. The second-order valence-electron chi connectivity index (χ2n) is 10.5. The van der Waals surface area contributed by atoms with Crippen molar-refractivity contribution in [3.8, 4) is 0 Å². The Kier molecular flexibility index (Phi) is 10.3. The first-order valence-corrected chi connectivity index (χ1v) is 17.0. The van der Waals surface area contributed by atoms with Crippen LogP contribution in [0.3, 0.4) is 0 Å². The highest BCUT2D eigenvalue weighted by atomic mass is 35.5. The smallest absolute Gasteiger partial charge is 0.356 e. The van der Waals surface area contributed by atoms with Crippen molar-refractivity contribution < 1.29 is 33.5 Å². The Morgan fingerprint density at radius 3 is 2.47 bits per heavy atom. The molecule has 252 valence electrons. The second kappa shape index (κ2) is 14.9. The minimum Gasteiger partial charge on any atom is -0.448 e. The molecule has 2 atom stereocenters. The van der Waals surface area contributed by atoms with Crippen LogP contribution in [0.1, 0.15) is 22.9 Å². The zero-order chi connectivity index (χ0) is 34.5. The number of tetrazole rings is 1. The van der Waals surface area contributed by atoms with E-state index in [1.807, 2.05) is 60.7 Å². The van der Waals surface area contributed by atoms with Crippen LogP contribution in [-0.2, 0) is 31.0 Å². The number of esters is 1. The molecule has 0 saturated carbocycles. The first-order chi connectivity index (χ1) is 23.8. The molecule has 4 aromatic rings. The molecular formula is C30H26ClN9O7S2. The molecule has 2 aromatic heterocycles. The van der Waals surface area contributed by atoms with E-state index in [-0.39, 0.29) is 29.0 Å². The van der Waals surface area contributed by atoms with Crippen molar-refractivity contribution in [2.24, 2.45) is 12.2 Å². The van der Waals surface area contributed by atoms with Crippen LogP contribution in [0.5, 0.6) is 0 Å². The van der Waals surface area contributed by atoms with Gasteiger partial charge >= 0.3 is 12.0 Å². The number of aryl methyl sites for hydroxylation is 1. The first kappa shape index (κ1) is 33.7. The number of anilines is 1. The number of benzene rings is 2. The summed E-state index contributed by atoms with van der Waals surface area (Å²) in [6.45, 7) is 0. The standard InChI is InChI=1S/C30H26ClN9O7S2/c1-39-30(35-37-38-39)49-15-18-14-48-27-22(34-25(42)21(36-45)19-13-46-29(32-19)33-20(41)12-31)26(43)40(27)23(18)28(44)47-24(16-8-4-2-5-9-16)17-10-6-3-7-11-17/h2-11,13,22,24,27,45H,12,14-15H2,1H3,(H,34,42)(H,32,33,41)/b36-21-/t22-,27-/m1/s1. The lowest BCUT2D eigenvalue weighted by molar-refractivity contribution is -0.154. The lowest BCUT2D eigenvalue weighted by Gasteiger charge is -2.49. The van der Waals surface area contributed by atoms with E-state index < -0.39 is 46.9 Å². The number of carbonyl (C=O) groups excluding carboxylic acids is 4. The Bertz CT molecular complexity index is 1900. The van der Waals surface area contributed by atoms with E-state index in [0.29, 0.717) is 16.5 Å². The second-order valence-corrected chi connectivity index (χ2v) is 12.8. The van der Waals surface area contributed by atoms with Gasteiger partial charge < -0.3 is 19.7 Å². The number of nitrogens with one attached hydrogen (secondary N) is 2. The fourth-order valence-corrected chi connectivity index (χ4v) is 7.44. The molecule has 0 unspecified atom stereocenters. The van der Waals surface area contributed by atoms with Crippen molar-refractivity contribution >= 4 is 70.5 Å². The van der Waals surface area contributed by atoms with Crippen LogP contribution in [0.2, 0.25) is 0 Å². The molecule has 0 bridgehead atoms. The largest absolute Gasteiger partial charge is 0.448 e. The van der Waals surface area contributed by atoms with Crippen LogP contribution in [-0.4, -0.2) is 93.5 Å². The summed E-state index contributed by atoms with van der Waals surface area (Å²) >= 11 is 8.10. The van der Waals surface area contributed by atoms with E-state index in [1.54, 1.807) is 7.05 Å².